The van der Waals surface area contributed by atoms with Crippen molar-refractivity contribution in [2.24, 2.45) is 0 Å². The van der Waals surface area contributed by atoms with Crippen LogP contribution in [0, 0.1) is 0 Å². The van der Waals surface area contributed by atoms with Crippen LogP contribution in [0.15, 0.2) is 24.3 Å². The van der Waals surface area contributed by atoms with E-state index in [4.69, 9.17) is 58.0 Å². The van der Waals surface area contributed by atoms with E-state index in [0.717, 1.165) is 11.8 Å². The van der Waals surface area contributed by atoms with E-state index < -0.39 is 5.24 Å². The summed E-state index contributed by atoms with van der Waals surface area (Å²) in [6.45, 7) is 1.89. The summed E-state index contributed by atoms with van der Waals surface area (Å²) in [6.07, 6.45) is 0. The van der Waals surface area contributed by atoms with Crippen LogP contribution in [0.4, 0.5) is 0 Å². The van der Waals surface area contributed by atoms with Gasteiger partial charge < -0.3 is 0 Å². The van der Waals surface area contributed by atoms with E-state index in [1.807, 2.05) is 6.92 Å². The number of aromatic nitrogens is 2. The van der Waals surface area contributed by atoms with Gasteiger partial charge in [0, 0.05) is 0 Å². The Balaban J connectivity index is 0.000000243. The molecule has 128 valence electrons. The molecule has 0 aliphatic rings. The minimum absolute atomic E-state index is 0.0131. The second-order valence-electron chi connectivity index (χ2n) is 3.92. The van der Waals surface area contributed by atoms with Crippen LogP contribution < -0.4 is 0 Å². The van der Waals surface area contributed by atoms with Crippen molar-refractivity contribution in [1.29, 1.82) is 0 Å². The quantitative estimate of drug-likeness (QED) is 0.424. The third kappa shape index (κ3) is 6.75. The van der Waals surface area contributed by atoms with E-state index in [0.29, 0.717) is 10.8 Å². The molecule has 24 heavy (non-hydrogen) atoms. The molecule has 2 rings (SSSR count). The average molecular weight is 447 g/mol. The highest BCUT2D eigenvalue weighted by Crippen LogP contribution is 2.21. The van der Waals surface area contributed by atoms with Crippen molar-refractivity contribution in [2.45, 2.75) is 6.92 Å². The minimum Gasteiger partial charge on any atom is -0.280 e. The van der Waals surface area contributed by atoms with Crippen molar-refractivity contribution in [3.8, 4) is 0 Å². The van der Waals surface area contributed by atoms with Crippen LogP contribution in [-0.4, -0.2) is 26.1 Å². The van der Waals surface area contributed by atoms with Crippen LogP contribution in [-0.2, 0) is 0 Å². The summed E-state index contributed by atoms with van der Waals surface area (Å²) < 4.78 is 0. The van der Waals surface area contributed by atoms with Crippen LogP contribution in [0.25, 0.3) is 0 Å². The van der Waals surface area contributed by atoms with Gasteiger partial charge in [-0.3, -0.25) is 9.59 Å². The zero-order valence-electron chi connectivity index (χ0n) is 12.0. The van der Waals surface area contributed by atoms with Crippen molar-refractivity contribution >= 4 is 80.1 Å². The summed E-state index contributed by atoms with van der Waals surface area (Å²) in [6, 6.07) is 6.07. The number of thioether (sulfide) groups is 1. The Bertz CT molecular complexity index is 758. The maximum atomic E-state index is 11.4. The standard InChI is InChI=1S/C8H7Cl2NOS.C6H2Cl3NO/c1-2-13-8(12)7-5(9)3-4-6(10)11-7;7-3-1-2-4(8)10-5(3)6(9)11/h3-4H,2H2,1H3;1-2H. The van der Waals surface area contributed by atoms with Crippen molar-refractivity contribution in [2.75, 3.05) is 5.75 Å². The third-order valence-electron chi connectivity index (χ3n) is 2.28. The molecule has 0 radical (unpaired) electrons. The molecule has 0 aliphatic carbocycles. The second-order valence-corrected chi connectivity index (χ2v) is 7.09. The van der Waals surface area contributed by atoms with Gasteiger partial charge in [0.25, 0.3) is 5.24 Å². The van der Waals surface area contributed by atoms with Crippen molar-refractivity contribution in [3.63, 3.8) is 0 Å². The van der Waals surface area contributed by atoms with E-state index in [9.17, 15) is 9.59 Å². The SMILES string of the molecule is CCSC(=O)c1nc(Cl)ccc1Cl.O=C(Cl)c1nc(Cl)ccc1Cl. The van der Waals surface area contributed by atoms with Gasteiger partial charge in [0.1, 0.15) is 21.7 Å². The topological polar surface area (TPSA) is 59.9 Å². The molecule has 4 nitrogen and oxygen atoms in total. The van der Waals surface area contributed by atoms with E-state index in [2.05, 4.69) is 9.97 Å². The first-order valence-corrected chi connectivity index (χ1v) is 9.14. The summed E-state index contributed by atoms with van der Waals surface area (Å²) in [5.74, 6) is 0.698. The molecule has 10 heteroatoms. The van der Waals surface area contributed by atoms with Crippen LogP contribution in [0.1, 0.15) is 27.9 Å². The molecular weight excluding hydrogens is 437 g/mol. The van der Waals surface area contributed by atoms with Gasteiger partial charge in [-0.1, -0.05) is 65.1 Å². The first kappa shape index (κ1) is 21.5. The summed E-state index contributed by atoms with van der Waals surface area (Å²) in [4.78, 5) is 29.4. The number of nitrogens with zero attached hydrogens (tertiary/aromatic N) is 2. The molecule has 0 saturated carbocycles. The lowest BCUT2D eigenvalue weighted by Crippen LogP contribution is -1.99. The van der Waals surface area contributed by atoms with E-state index in [1.54, 1.807) is 12.1 Å². The molecule has 2 aromatic rings. The highest BCUT2D eigenvalue weighted by molar-refractivity contribution is 8.14. The normalized spacial score (nSPS) is 9.92. The molecule has 2 heterocycles. The van der Waals surface area contributed by atoms with Gasteiger partial charge in [0.2, 0.25) is 5.12 Å². The minimum atomic E-state index is -0.711. The number of hydrogen-bond donors (Lipinski definition) is 0. The predicted molar refractivity (Wildman–Crippen MR) is 101 cm³/mol. The van der Waals surface area contributed by atoms with Crippen molar-refractivity contribution in [1.82, 2.24) is 9.97 Å². The molecule has 0 aromatic carbocycles. The lowest BCUT2D eigenvalue weighted by molar-refractivity contribution is 0.107. The maximum absolute atomic E-state index is 11.4. The van der Waals surface area contributed by atoms with Crippen LogP contribution in [0.5, 0.6) is 0 Å². The molecule has 0 bridgehead atoms. The molecule has 2 aromatic heterocycles. The fraction of sp³-hybridized carbons (Fsp3) is 0.143. The number of hydrogen-bond acceptors (Lipinski definition) is 5. The maximum Gasteiger partial charge on any atom is 0.272 e. The Morgan fingerprint density at radius 3 is 1.79 bits per heavy atom. The monoisotopic (exact) mass is 444 g/mol. The van der Waals surface area contributed by atoms with Crippen LogP contribution in [0.3, 0.4) is 0 Å². The second kappa shape index (κ2) is 10.4. The van der Waals surface area contributed by atoms with Gasteiger partial charge in [0.15, 0.2) is 0 Å². The number of rotatable bonds is 3. The largest absolute Gasteiger partial charge is 0.280 e. The molecule has 0 unspecified atom stereocenters. The van der Waals surface area contributed by atoms with Gasteiger partial charge >= 0.3 is 0 Å². The van der Waals surface area contributed by atoms with E-state index in [1.165, 1.54) is 12.1 Å². The molecule has 0 fully saturated rings. The number of carbonyl (C=O) groups is 2. The molecule has 0 spiro atoms. The average Bonchev–Trinajstić information content (AvgIpc) is 2.52. The summed E-state index contributed by atoms with van der Waals surface area (Å²) in [5.41, 5.74) is 0.224. The van der Waals surface area contributed by atoms with Gasteiger partial charge in [-0.15, -0.1) is 0 Å². The summed E-state index contributed by atoms with van der Waals surface area (Å²) >= 11 is 28.7. The highest BCUT2D eigenvalue weighted by Gasteiger charge is 2.12. The van der Waals surface area contributed by atoms with Gasteiger partial charge in [-0.05, 0) is 41.6 Å². The van der Waals surface area contributed by atoms with E-state index >= 15 is 0 Å². The fourth-order valence-electron chi connectivity index (χ4n) is 1.32. The van der Waals surface area contributed by atoms with Gasteiger partial charge in [0.05, 0.1) is 10.0 Å². The molecule has 0 N–H and O–H groups in total. The molecule has 0 amide bonds. The third-order valence-corrected chi connectivity index (χ3v) is 4.23. The highest BCUT2D eigenvalue weighted by atomic mass is 35.5. The molecular formula is C14H9Cl5N2O2S. The molecule has 0 saturated heterocycles. The zero-order chi connectivity index (χ0) is 18.3. The first-order chi connectivity index (χ1) is 11.3. The zero-order valence-corrected chi connectivity index (χ0v) is 16.6. The number of carbonyl (C=O) groups excluding carboxylic acids is 2. The lowest BCUT2D eigenvalue weighted by Gasteiger charge is -2.00. The fourth-order valence-corrected chi connectivity index (χ4v) is 2.80. The van der Waals surface area contributed by atoms with Crippen molar-refractivity contribution < 1.29 is 9.59 Å². The Kier molecular flexibility index (Phi) is 9.34. The predicted octanol–water partition coefficient (Wildman–Crippen LogP) is 6.05. The molecule has 0 atom stereocenters. The van der Waals surface area contributed by atoms with E-state index in [-0.39, 0.29) is 31.8 Å². The number of pyridine rings is 2. The Labute approximate surface area is 167 Å². The van der Waals surface area contributed by atoms with Crippen molar-refractivity contribution in [3.05, 3.63) is 56.0 Å². The Hall–Kier alpha value is -0.560. The summed E-state index contributed by atoms with van der Waals surface area (Å²) in [5, 5.41) is 0.167. The Morgan fingerprint density at radius 1 is 0.917 bits per heavy atom. The van der Waals surface area contributed by atoms with Gasteiger partial charge in [-0.2, -0.15) is 0 Å². The summed E-state index contributed by atoms with van der Waals surface area (Å²) in [7, 11) is 0. The van der Waals surface area contributed by atoms with Crippen LogP contribution >= 0.6 is 69.8 Å². The van der Waals surface area contributed by atoms with Gasteiger partial charge in [-0.25, -0.2) is 9.97 Å². The first-order valence-electron chi connectivity index (χ1n) is 6.27. The number of halogens is 5. The van der Waals surface area contributed by atoms with Crippen LogP contribution in [0.2, 0.25) is 20.4 Å². The Morgan fingerprint density at radius 2 is 1.38 bits per heavy atom. The smallest absolute Gasteiger partial charge is 0.272 e. The molecule has 0 aliphatic heterocycles. The lowest BCUT2D eigenvalue weighted by atomic mass is 10.4.